The Morgan fingerprint density at radius 1 is 1.18 bits per heavy atom. The zero-order valence-corrected chi connectivity index (χ0v) is 11.8. The predicted octanol–water partition coefficient (Wildman–Crippen LogP) is 4.52. The molecule has 98 valence electrons. The molecule has 0 saturated carbocycles. The van der Waals surface area contributed by atoms with Gasteiger partial charge in [-0.05, 0) is 38.9 Å². The second-order valence-electron chi connectivity index (χ2n) is 4.93. The van der Waals surface area contributed by atoms with Crippen LogP contribution in [0.3, 0.4) is 0 Å². The van der Waals surface area contributed by atoms with Gasteiger partial charge >= 0.3 is 0 Å². The van der Waals surface area contributed by atoms with E-state index in [9.17, 15) is 0 Å². The summed E-state index contributed by atoms with van der Waals surface area (Å²) in [4.78, 5) is 0. The summed E-state index contributed by atoms with van der Waals surface area (Å²) >= 11 is 0. The normalized spacial score (nSPS) is 12.9. The Bertz CT molecular complexity index is 297. The van der Waals surface area contributed by atoms with E-state index in [0.29, 0.717) is 6.04 Å². The zero-order chi connectivity index (χ0) is 12.7. The maximum absolute atomic E-state index is 5.78. The molecule has 1 rings (SSSR count). The highest BCUT2D eigenvalue weighted by atomic mass is 16.3. The van der Waals surface area contributed by atoms with Crippen molar-refractivity contribution >= 4 is 0 Å². The van der Waals surface area contributed by atoms with E-state index in [1.165, 1.54) is 44.1 Å². The Hall–Kier alpha value is -0.760. The average Bonchev–Trinajstić information content (AvgIpc) is 2.64. The van der Waals surface area contributed by atoms with E-state index in [1.54, 1.807) is 0 Å². The van der Waals surface area contributed by atoms with Crippen LogP contribution >= 0.6 is 0 Å². The molecule has 0 aliphatic carbocycles. The predicted molar refractivity (Wildman–Crippen MR) is 73.4 cm³/mol. The SMILES string of the molecule is CCCCCCCC(NC)c1cc(C)c(C)o1. The second kappa shape index (κ2) is 7.54. The minimum absolute atomic E-state index is 0.379. The lowest BCUT2D eigenvalue weighted by Gasteiger charge is -2.13. The fourth-order valence-corrected chi connectivity index (χ4v) is 2.15. The summed E-state index contributed by atoms with van der Waals surface area (Å²) in [7, 11) is 2.02. The maximum Gasteiger partial charge on any atom is 0.121 e. The van der Waals surface area contributed by atoms with Gasteiger partial charge in [-0.15, -0.1) is 0 Å². The van der Waals surface area contributed by atoms with Crippen LogP contribution < -0.4 is 5.32 Å². The number of furan rings is 1. The van der Waals surface area contributed by atoms with Crippen LogP contribution in [0.5, 0.6) is 0 Å². The third kappa shape index (κ3) is 4.55. The Morgan fingerprint density at radius 2 is 1.88 bits per heavy atom. The van der Waals surface area contributed by atoms with Gasteiger partial charge in [0.2, 0.25) is 0 Å². The van der Waals surface area contributed by atoms with E-state index in [-0.39, 0.29) is 0 Å². The number of hydrogen-bond donors (Lipinski definition) is 1. The molecule has 2 heteroatoms. The number of nitrogens with one attached hydrogen (secondary N) is 1. The Kier molecular flexibility index (Phi) is 6.35. The Morgan fingerprint density at radius 3 is 2.41 bits per heavy atom. The van der Waals surface area contributed by atoms with E-state index in [1.807, 2.05) is 14.0 Å². The topological polar surface area (TPSA) is 25.2 Å². The summed E-state index contributed by atoms with van der Waals surface area (Å²) in [6.07, 6.45) is 7.83. The molecule has 0 amide bonds. The lowest BCUT2D eigenvalue weighted by Crippen LogP contribution is -2.15. The third-order valence-corrected chi connectivity index (χ3v) is 3.47. The number of rotatable bonds is 8. The van der Waals surface area contributed by atoms with Gasteiger partial charge in [0.1, 0.15) is 11.5 Å². The smallest absolute Gasteiger partial charge is 0.121 e. The second-order valence-corrected chi connectivity index (χ2v) is 4.93. The molecule has 0 aliphatic rings. The minimum atomic E-state index is 0.379. The Labute approximate surface area is 106 Å². The molecule has 1 aromatic rings. The summed E-state index contributed by atoms with van der Waals surface area (Å²) in [5.41, 5.74) is 1.26. The van der Waals surface area contributed by atoms with Crippen LogP contribution in [0.25, 0.3) is 0 Å². The number of unbranched alkanes of at least 4 members (excludes halogenated alkanes) is 4. The first-order chi connectivity index (χ1) is 8.19. The largest absolute Gasteiger partial charge is 0.464 e. The van der Waals surface area contributed by atoms with Crippen LogP contribution in [-0.2, 0) is 0 Å². The number of hydrogen-bond acceptors (Lipinski definition) is 2. The van der Waals surface area contributed by atoms with Crippen molar-refractivity contribution < 1.29 is 4.42 Å². The van der Waals surface area contributed by atoms with Gasteiger partial charge in [0, 0.05) is 0 Å². The molecular weight excluding hydrogens is 210 g/mol. The molecule has 17 heavy (non-hydrogen) atoms. The molecule has 1 atom stereocenters. The van der Waals surface area contributed by atoms with Crippen molar-refractivity contribution in [3.63, 3.8) is 0 Å². The molecule has 0 radical (unpaired) electrons. The van der Waals surface area contributed by atoms with Crippen LogP contribution in [-0.4, -0.2) is 7.05 Å². The van der Waals surface area contributed by atoms with Crippen molar-refractivity contribution in [2.45, 2.75) is 65.3 Å². The molecule has 1 aromatic heterocycles. The van der Waals surface area contributed by atoms with Crippen LogP contribution in [0.15, 0.2) is 10.5 Å². The first-order valence-electron chi connectivity index (χ1n) is 6.93. The van der Waals surface area contributed by atoms with Crippen molar-refractivity contribution in [3.8, 4) is 0 Å². The lowest BCUT2D eigenvalue weighted by molar-refractivity contribution is 0.390. The van der Waals surface area contributed by atoms with Crippen molar-refractivity contribution in [3.05, 3.63) is 23.2 Å². The van der Waals surface area contributed by atoms with Crippen LogP contribution in [0.1, 0.15) is 68.6 Å². The van der Waals surface area contributed by atoms with E-state index in [4.69, 9.17) is 4.42 Å². The van der Waals surface area contributed by atoms with E-state index < -0.39 is 0 Å². The van der Waals surface area contributed by atoms with Gasteiger partial charge in [0.15, 0.2) is 0 Å². The quantitative estimate of drug-likeness (QED) is 0.673. The van der Waals surface area contributed by atoms with Gasteiger partial charge in [0.05, 0.1) is 6.04 Å². The molecule has 0 bridgehead atoms. The monoisotopic (exact) mass is 237 g/mol. The van der Waals surface area contributed by atoms with Gasteiger partial charge < -0.3 is 9.73 Å². The van der Waals surface area contributed by atoms with E-state index >= 15 is 0 Å². The van der Waals surface area contributed by atoms with Crippen molar-refractivity contribution in [1.82, 2.24) is 5.32 Å². The van der Waals surface area contributed by atoms with Crippen LogP contribution in [0, 0.1) is 13.8 Å². The molecule has 1 heterocycles. The summed E-state index contributed by atoms with van der Waals surface area (Å²) in [6, 6.07) is 2.55. The molecule has 0 saturated heterocycles. The van der Waals surface area contributed by atoms with Gasteiger partial charge in [-0.2, -0.15) is 0 Å². The number of aryl methyl sites for hydroxylation is 2. The first kappa shape index (κ1) is 14.3. The molecule has 0 fully saturated rings. The van der Waals surface area contributed by atoms with Gasteiger partial charge in [-0.3, -0.25) is 0 Å². The fraction of sp³-hybridized carbons (Fsp3) is 0.733. The van der Waals surface area contributed by atoms with Crippen molar-refractivity contribution in [2.24, 2.45) is 0 Å². The summed E-state index contributed by atoms with van der Waals surface area (Å²) < 4.78 is 5.78. The van der Waals surface area contributed by atoms with Gasteiger partial charge in [0.25, 0.3) is 0 Å². The molecule has 2 nitrogen and oxygen atoms in total. The molecular formula is C15H27NO. The standard InChI is InChI=1S/C15H27NO/c1-5-6-7-8-9-10-14(16-4)15-11-12(2)13(3)17-15/h11,14,16H,5-10H2,1-4H3. The molecule has 1 N–H and O–H groups in total. The van der Waals surface area contributed by atoms with Crippen molar-refractivity contribution in [2.75, 3.05) is 7.05 Å². The zero-order valence-electron chi connectivity index (χ0n) is 11.8. The Balaban J connectivity index is 2.38. The van der Waals surface area contributed by atoms with E-state index in [0.717, 1.165) is 11.5 Å². The summed E-state index contributed by atoms with van der Waals surface area (Å²) in [5, 5.41) is 3.36. The van der Waals surface area contributed by atoms with E-state index in [2.05, 4.69) is 25.2 Å². The van der Waals surface area contributed by atoms with Crippen molar-refractivity contribution in [1.29, 1.82) is 0 Å². The average molecular weight is 237 g/mol. The van der Waals surface area contributed by atoms with Gasteiger partial charge in [-0.1, -0.05) is 39.0 Å². The van der Waals surface area contributed by atoms with Crippen LogP contribution in [0.2, 0.25) is 0 Å². The maximum atomic E-state index is 5.78. The van der Waals surface area contributed by atoms with Gasteiger partial charge in [-0.25, -0.2) is 0 Å². The molecule has 1 unspecified atom stereocenters. The lowest BCUT2D eigenvalue weighted by atomic mass is 10.0. The summed E-state index contributed by atoms with van der Waals surface area (Å²) in [5.74, 6) is 2.14. The highest BCUT2D eigenvalue weighted by Crippen LogP contribution is 2.24. The fourth-order valence-electron chi connectivity index (χ4n) is 2.15. The summed E-state index contributed by atoms with van der Waals surface area (Å²) in [6.45, 7) is 6.40. The molecule has 0 aromatic carbocycles. The minimum Gasteiger partial charge on any atom is -0.464 e. The molecule has 0 spiro atoms. The highest BCUT2D eigenvalue weighted by Gasteiger charge is 2.14. The highest BCUT2D eigenvalue weighted by molar-refractivity contribution is 5.20. The third-order valence-electron chi connectivity index (χ3n) is 3.47. The van der Waals surface area contributed by atoms with Crippen LogP contribution in [0.4, 0.5) is 0 Å². The molecule has 0 aliphatic heterocycles. The first-order valence-corrected chi connectivity index (χ1v) is 6.93.